The van der Waals surface area contributed by atoms with E-state index >= 15 is 0 Å². The summed E-state index contributed by atoms with van der Waals surface area (Å²) in [6.45, 7) is 2.90. The summed E-state index contributed by atoms with van der Waals surface area (Å²) in [7, 11) is 0. The molecule has 0 N–H and O–H groups in total. The molecule has 6 heteroatoms. The van der Waals surface area contributed by atoms with Crippen molar-refractivity contribution in [2.75, 3.05) is 13.1 Å². The predicted molar refractivity (Wildman–Crippen MR) is 82.8 cm³/mol. The Morgan fingerprint density at radius 3 is 3.00 bits per heavy atom. The second kappa shape index (κ2) is 5.97. The van der Waals surface area contributed by atoms with Gasteiger partial charge in [0.25, 0.3) is 0 Å². The van der Waals surface area contributed by atoms with Crippen molar-refractivity contribution in [2.24, 2.45) is 0 Å². The van der Waals surface area contributed by atoms with E-state index in [0.717, 1.165) is 54.8 Å². The zero-order valence-corrected chi connectivity index (χ0v) is 13.2. The summed E-state index contributed by atoms with van der Waals surface area (Å²) in [5.74, 6) is 2.61. The third kappa shape index (κ3) is 3.01. The number of likely N-dealkylation sites (tertiary alicyclic amines) is 1. The minimum absolute atomic E-state index is 0.366. The molecule has 1 saturated carbocycles. The van der Waals surface area contributed by atoms with Gasteiger partial charge in [0.15, 0.2) is 5.82 Å². The second-order valence-electron chi connectivity index (χ2n) is 6.31. The topological polar surface area (TPSA) is 55.1 Å². The number of hydrogen-bond donors (Lipinski definition) is 0. The van der Waals surface area contributed by atoms with Gasteiger partial charge in [-0.2, -0.15) is 4.98 Å². The van der Waals surface area contributed by atoms with Crippen LogP contribution in [-0.4, -0.2) is 33.1 Å². The van der Waals surface area contributed by atoms with Gasteiger partial charge in [-0.3, -0.25) is 9.88 Å². The van der Waals surface area contributed by atoms with Gasteiger partial charge in [0, 0.05) is 37.3 Å². The molecular weight excluding hydrogens is 300 g/mol. The first-order valence-corrected chi connectivity index (χ1v) is 8.31. The fraction of sp³-hybridized carbons (Fsp3) is 0.562. The molecule has 1 atom stereocenters. The quantitative estimate of drug-likeness (QED) is 0.865. The van der Waals surface area contributed by atoms with Crippen molar-refractivity contribution < 1.29 is 4.52 Å². The fourth-order valence-corrected chi connectivity index (χ4v) is 3.27. The number of piperidine rings is 1. The predicted octanol–water partition coefficient (Wildman–Crippen LogP) is 3.38. The van der Waals surface area contributed by atoms with Gasteiger partial charge in [0.1, 0.15) is 0 Å². The van der Waals surface area contributed by atoms with E-state index in [0.29, 0.717) is 11.8 Å². The zero-order valence-electron chi connectivity index (χ0n) is 12.4. The molecule has 0 bridgehead atoms. The fourth-order valence-electron chi connectivity index (χ4n) is 3.09. The van der Waals surface area contributed by atoms with Crippen LogP contribution < -0.4 is 0 Å². The van der Waals surface area contributed by atoms with Crippen molar-refractivity contribution in [3.8, 4) is 0 Å². The molecule has 2 aliphatic rings. The Morgan fingerprint density at radius 2 is 2.18 bits per heavy atom. The van der Waals surface area contributed by atoms with Gasteiger partial charge in [-0.25, -0.2) is 0 Å². The normalized spacial score (nSPS) is 22.9. The largest absolute Gasteiger partial charge is 0.339 e. The first-order valence-electron chi connectivity index (χ1n) is 7.94. The van der Waals surface area contributed by atoms with Gasteiger partial charge in [-0.1, -0.05) is 16.8 Å². The molecule has 0 radical (unpaired) electrons. The first-order chi connectivity index (χ1) is 10.8. The van der Waals surface area contributed by atoms with Gasteiger partial charge in [0.2, 0.25) is 5.89 Å². The highest BCUT2D eigenvalue weighted by Crippen LogP contribution is 2.39. The van der Waals surface area contributed by atoms with Crippen LogP contribution in [0, 0.1) is 0 Å². The minimum atomic E-state index is 0.366. The molecule has 1 aliphatic heterocycles. The lowest BCUT2D eigenvalue weighted by atomic mass is 9.97. The molecule has 0 aromatic carbocycles. The van der Waals surface area contributed by atoms with Crippen molar-refractivity contribution in [1.29, 1.82) is 0 Å². The van der Waals surface area contributed by atoms with Gasteiger partial charge in [0.05, 0.1) is 5.02 Å². The van der Waals surface area contributed by atoms with Crippen molar-refractivity contribution in [3.63, 3.8) is 0 Å². The van der Waals surface area contributed by atoms with Gasteiger partial charge in [-0.15, -0.1) is 0 Å². The monoisotopic (exact) mass is 318 g/mol. The van der Waals surface area contributed by atoms with Crippen molar-refractivity contribution in [1.82, 2.24) is 20.0 Å². The van der Waals surface area contributed by atoms with E-state index in [2.05, 4.69) is 20.0 Å². The molecule has 2 aromatic heterocycles. The summed E-state index contributed by atoms with van der Waals surface area (Å²) >= 11 is 6.21. The summed E-state index contributed by atoms with van der Waals surface area (Å²) in [5, 5.41) is 4.95. The first kappa shape index (κ1) is 14.2. The number of nitrogens with zero attached hydrogens (tertiary/aromatic N) is 4. The smallest absolute Gasteiger partial charge is 0.229 e. The van der Waals surface area contributed by atoms with E-state index in [-0.39, 0.29) is 0 Å². The lowest BCUT2D eigenvalue weighted by molar-refractivity contribution is 0.194. The Bertz CT molecular complexity index is 655. The SMILES string of the molecule is Clc1cnccc1CN1CCC[C@H](c2noc(C3CC3)n2)C1. The molecule has 2 aromatic rings. The zero-order chi connectivity index (χ0) is 14.9. The molecule has 0 spiro atoms. The lowest BCUT2D eigenvalue weighted by Crippen LogP contribution is -2.34. The Labute approximate surface area is 134 Å². The molecular formula is C16H19ClN4O. The summed E-state index contributed by atoms with van der Waals surface area (Å²) in [6.07, 6.45) is 8.17. The van der Waals surface area contributed by atoms with Crippen LogP contribution in [0.3, 0.4) is 0 Å². The van der Waals surface area contributed by atoms with Gasteiger partial charge in [-0.05, 0) is 43.9 Å². The maximum Gasteiger partial charge on any atom is 0.229 e. The van der Waals surface area contributed by atoms with Crippen LogP contribution in [0.15, 0.2) is 23.0 Å². The number of pyridine rings is 1. The third-order valence-electron chi connectivity index (χ3n) is 4.51. The maximum atomic E-state index is 6.21. The summed E-state index contributed by atoms with van der Waals surface area (Å²) in [6, 6.07) is 1.99. The molecule has 0 unspecified atom stereocenters. The van der Waals surface area contributed by atoms with E-state index in [1.165, 1.54) is 12.8 Å². The lowest BCUT2D eigenvalue weighted by Gasteiger charge is -2.31. The maximum absolute atomic E-state index is 6.21. The van der Waals surface area contributed by atoms with Crippen molar-refractivity contribution >= 4 is 11.6 Å². The van der Waals surface area contributed by atoms with Gasteiger partial charge >= 0.3 is 0 Å². The van der Waals surface area contributed by atoms with Crippen LogP contribution in [0.25, 0.3) is 0 Å². The standard InChI is InChI=1S/C16H19ClN4O/c17-14-8-18-6-5-12(14)9-21-7-1-2-13(10-21)15-19-16(22-20-15)11-3-4-11/h5-6,8,11,13H,1-4,7,9-10H2/t13-/m0/s1. The molecule has 22 heavy (non-hydrogen) atoms. The molecule has 1 aliphatic carbocycles. The highest BCUT2D eigenvalue weighted by molar-refractivity contribution is 6.31. The second-order valence-corrected chi connectivity index (χ2v) is 6.71. The van der Waals surface area contributed by atoms with Crippen LogP contribution in [0.4, 0.5) is 0 Å². The minimum Gasteiger partial charge on any atom is -0.339 e. The summed E-state index contributed by atoms with van der Waals surface area (Å²) < 4.78 is 5.41. The number of aromatic nitrogens is 3. The van der Waals surface area contributed by atoms with E-state index in [1.54, 1.807) is 12.4 Å². The number of halogens is 1. The average molecular weight is 319 g/mol. The molecule has 5 nitrogen and oxygen atoms in total. The summed E-state index contributed by atoms with van der Waals surface area (Å²) in [5.41, 5.74) is 1.13. The molecule has 2 fully saturated rings. The Morgan fingerprint density at radius 1 is 1.27 bits per heavy atom. The van der Waals surface area contributed by atoms with Crippen molar-refractivity contribution in [2.45, 2.75) is 44.1 Å². The molecule has 116 valence electrons. The number of rotatable bonds is 4. The average Bonchev–Trinajstić information content (AvgIpc) is 3.27. The number of hydrogen-bond acceptors (Lipinski definition) is 5. The molecule has 1 saturated heterocycles. The Hall–Kier alpha value is -1.46. The van der Waals surface area contributed by atoms with Crippen molar-refractivity contribution in [3.05, 3.63) is 40.8 Å². The Balaban J connectivity index is 1.43. The van der Waals surface area contributed by atoms with Crippen LogP contribution in [0.1, 0.15) is 54.8 Å². The van der Waals surface area contributed by atoms with Gasteiger partial charge < -0.3 is 4.52 Å². The van der Waals surface area contributed by atoms with E-state index < -0.39 is 0 Å². The van der Waals surface area contributed by atoms with E-state index in [1.807, 2.05) is 6.07 Å². The highest BCUT2D eigenvalue weighted by atomic mass is 35.5. The van der Waals surface area contributed by atoms with Crippen LogP contribution in [0.2, 0.25) is 5.02 Å². The van der Waals surface area contributed by atoms with E-state index in [9.17, 15) is 0 Å². The van der Waals surface area contributed by atoms with Crippen LogP contribution in [0.5, 0.6) is 0 Å². The van der Waals surface area contributed by atoms with Crippen LogP contribution in [-0.2, 0) is 6.54 Å². The summed E-state index contributed by atoms with van der Waals surface area (Å²) in [4.78, 5) is 11.1. The Kier molecular flexibility index (Phi) is 3.84. The van der Waals surface area contributed by atoms with Crippen LogP contribution >= 0.6 is 11.6 Å². The molecule has 3 heterocycles. The third-order valence-corrected chi connectivity index (χ3v) is 4.85. The highest BCUT2D eigenvalue weighted by Gasteiger charge is 2.32. The molecule has 4 rings (SSSR count). The van der Waals surface area contributed by atoms with E-state index in [4.69, 9.17) is 16.1 Å². The molecule has 0 amide bonds.